The van der Waals surface area contributed by atoms with Crippen molar-refractivity contribution in [3.63, 3.8) is 0 Å². The maximum atomic E-state index is 11.7. The van der Waals surface area contributed by atoms with Crippen LogP contribution in [0.5, 0.6) is 0 Å². The topological polar surface area (TPSA) is 78.4 Å². The molecule has 0 spiro atoms. The number of aliphatic carboxylic acids is 1. The van der Waals surface area contributed by atoms with Gasteiger partial charge in [0.05, 0.1) is 6.42 Å². The van der Waals surface area contributed by atoms with Crippen LogP contribution in [0.25, 0.3) is 0 Å². The summed E-state index contributed by atoms with van der Waals surface area (Å²) in [6.07, 6.45) is 0.695. The number of carboxylic acids is 1. The molecule has 0 aliphatic carbocycles. The minimum absolute atomic E-state index is 0.113. The maximum absolute atomic E-state index is 11.7. The summed E-state index contributed by atoms with van der Waals surface area (Å²) >= 11 is 5.73. The third-order valence-electron chi connectivity index (χ3n) is 2.46. The van der Waals surface area contributed by atoms with Crippen LogP contribution in [0.3, 0.4) is 0 Å². The lowest BCUT2D eigenvalue weighted by Crippen LogP contribution is -2.40. The summed E-state index contributed by atoms with van der Waals surface area (Å²) in [6, 6.07) is 5.76. The molecular weight excluding hydrogens is 268 g/mol. The molecule has 0 aliphatic heterocycles. The number of nitrogens with one attached hydrogen (secondary N) is 2. The first-order chi connectivity index (χ1) is 9.02. The van der Waals surface area contributed by atoms with Gasteiger partial charge in [-0.25, -0.2) is 0 Å². The van der Waals surface area contributed by atoms with E-state index in [0.29, 0.717) is 17.3 Å². The lowest BCUT2D eigenvalue weighted by molar-refractivity contribution is -0.141. The Labute approximate surface area is 117 Å². The van der Waals surface area contributed by atoms with Crippen LogP contribution in [-0.4, -0.2) is 29.6 Å². The lowest BCUT2D eigenvalue weighted by atomic mass is 10.2. The molecule has 104 valence electrons. The first kappa shape index (κ1) is 15.5. The minimum Gasteiger partial charge on any atom is -0.480 e. The van der Waals surface area contributed by atoms with Crippen molar-refractivity contribution in [2.45, 2.75) is 25.8 Å². The van der Waals surface area contributed by atoms with E-state index in [-0.39, 0.29) is 12.3 Å². The van der Waals surface area contributed by atoms with E-state index in [0.717, 1.165) is 6.42 Å². The van der Waals surface area contributed by atoms with Gasteiger partial charge >= 0.3 is 5.97 Å². The molecule has 1 aromatic carbocycles. The predicted octanol–water partition coefficient (Wildman–Crippen LogP) is 2.12. The summed E-state index contributed by atoms with van der Waals surface area (Å²) < 4.78 is 0. The van der Waals surface area contributed by atoms with Crippen molar-refractivity contribution in [3.05, 3.63) is 29.3 Å². The molecule has 1 amide bonds. The molecule has 0 radical (unpaired) electrons. The average molecular weight is 285 g/mol. The highest BCUT2D eigenvalue weighted by molar-refractivity contribution is 6.30. The molecule has 6 heteroatoms. The van der Waals surface area contributed by atoms with Gasteiger partial charge in [0, 0.05) is 10.7 Å². The van der Waals surface area contributed by atoms with Gasteiger partial charge in [-0.3, -0.25) is 9.59 Å². The van der Waals surface area contributed by atoms with Crippen molar-refractivity contribution in [1.82, 2.24) is 5.32 Å². The molecule has 0 fully saturated rings. The second-order valence-electron chi connectivity index (χ2n) is 4.10. The molecule has 3 N–H and O–H groups in total. The lowest BCUT2D eigenvalue weighted by Gasteiger charge is -2.13. The maximum Gasteiger partial charge on any atom is 0.321 e. The molecule has 0 bridgehead atoms. The summed E-state index contributed by atoms with van der Waals surface area (Å²) in [6.45, 7) is 2.49. The summed E-state index contributed by atoms with van der Waals surface area (Å²) in [5, 5.41) is 15.0. The highest BCUT2D eigenvalue weighted by atomic mass is 35.5. The first-order valence-electron chi connectivity index (χ1n) is 6.04. The number of amides is 1. The molecule has 0 unspecified atom stereocenters. The van der Waals surface area contributed by atoms with Gasteiger partial charge in [-0.15, -0.1) is 0 Å². The number of anilines is 1. The number of rotatable bonds is 7. The smallest absolute Gasteiger partial charge is 0.321 e. The predicted molar refractivity (Wildman–Crippen MR) is 74.4 cm³/mol. The van der Waals surface area contributed by atoms with Gasteiger partial charge in [0.25, 0.3) is 0 Å². The molecule has 5 nitrogen and oxygen atoms in total. The second-order valence-corrected chi connectivity index (χ2v) is 4.54. The number of hydrogen-bond acceptors (Lipinski definition) is 3. The van der Waals surface area contributed by atoms with Gasteiger partial charge in [0.15, 0.2) is 0 Å². The number of benzene rings is 1. The van der Waals surface area contributed by atoms with Crippen LogP contribution in [0.1, 0.15) is 19.8 Å². The van der Waals surface area contributed by atoms with Crippen LogP contribution in [0.4, 0.5) is 5.69 Å². The molecule has 1 rings (SSSR count). The molecule has 1 aromatic rings. The Morgan fingerprint density at radius 3 is 2.47 bits per heavy atom. The fraction of sp³-hybridized carbons (Fsp3) is 0.385. The van der Waals surface area contributed by atoms with Gasteiger partial charge < -0.3 is 15.7 Å². The Kier molecular flexibility index (Phi) is 6.32. The Bertz CT molecular complexity index is 434. The van der Waals surface area contributed by atoms with E-state index >= 15 is 0 Å². The number of hydrogen-bond donors (Lipinski definition) is 3. The highest BCUT2D eigenvalue weighted by Crippen LogP contribution is 2.13. The Hall–Kier alpha value is -1.59. The SMILES string of the molecule is CCCN[C@@H](CC(=O)Nc1ccc(Cl)cc1)C(=O)O. The van der Waals surface area contributed by atoms with Crippen LogP contribution in [0.15, 0.2) is 24.3 Å². The van der Waals surface area contributed by atoms with E-state index in [4.69, 9.17) is 16.7 Å². The zero-order valence-electron chi connectivity index (χ0n) is 10.6. The summed E-state index contributed by atoms with van der Waals surface area (Å²) in [5.41, 5.74) is 0.592. The van der Waals surface area contributed by atoms with E-state index in [1.165, 1.54) is 0 Å². The Balaban J connectivity index is 2.52. The number of carboxylic acid groups (broad SMARTS) is 1. The van der Waals surface area contributed by atoms with E-state index in [1.807, 2.05) is 6.92 Å². The minimum atomic E-state index is -1.03. The van der Waals surface area contributed by atoms with Crippen molar-refractivity contribution in [2.75, 3.05) is 11.9 Å². The van der Waals surface area contributed by atoms with E-state index < -0.39 is 12.0 Å². The van der Waals surface area contributed by atoms with Crippen LogP contribution < -0.4 is 10.6 Å². The van der Waals surface area contributed by atoms with Gasteiger partial charge in [0.1, 0.15) is 6.04 Å². The van der Waals surface area contributed by atoms with E-state index in [2.05, 4.69) is 10.6 Å². The quantitative estimate of drug-likeness (QED) is 0.717. The van der Waals surface area contributed by atoms with Crippen molar-refractivity contribution >= 4 is 29.2 Å². The molecule has 0 aliphatic rings. The van der Waals surface area contributed by atoms with Crippen molar-refractivity contribution in [2.24, 2.45) is 0 Å². The largest absolute Gasteiger partial charge is 0.480 e. The highest BCUT2D eigenvalue weighted by Gasteiger charge is 2.20. The Morgan fingerprint density at radius 2 is 1.95 bits per heavy atom. The van der Waals surface area contributed by atoms with E-state index in [1.54, 1.807) is 24.3 Å². The van der Waals surface area contributed by atoms with Crippen molar-refractivity contribution < 1.29 is 14.7 Å². The van der Waals surface area contributed by atoms with E-state index in [9.17, 15) is 9.59 Å². The molecule has 0 saturated heterocycles. The first-order valence-corrected chi connectivity index (χ1v) is 6.42. The monoisotopic (exact) mass is 284 g/mol. The number of carbonyl (C=O) groups is 2. The van der Waals surface area contributed by atoms with Gasteiger partial charge in [-0.05, 0) is 37.2 Å². The molecule has 0 saturated carbocycles. The molecule has 19 heavy (non-hydrogen) atoms. The van der Waals surface area contributed by atoms with Gasteiger partial charge in [0.2, 0.25) is 5.91 Å². The normalized spacial score (nSPS) is 11.9. The standard InChI is InChI=1S/C13H17ClN2O3/c1-2-7-15-11(13(18)19)8-12(17)16-10-5-3-9(14)4-6-10/h3-6,11,15H,2,7-8H2,1H3,(H,16,17)(H,18,19)/t11-/m0/s1. The van der Waals surface area contributed by atoms with Crippen LogP contribution in [0, 0.1) is 0 Å². The van der Waals surface area contributed by atoms with Gasteiger partial charge in [-0.2, -0.15) is 0 Å². The van der Waals surface area contributed by atoms with Gasteiger partial charge in [-0.1, -0.05) is 18.5 Å². The molecule has 1 atom stereocenters. The van der Waals surface area contributed by atoms with Crippen LogP contribution in [0.2, 0.25) is 5.02 Å². The molecule has 0 aromatic heterocycles. The fourth-order valence-corrected chi connectivity index (χ4v) is 1.62. The average Bonchev–Trinajstić information content (AvgIpc) is 2.37. The van der Waals surface area contributed by atoms with Crippen LogP contribution >= 0.6 is 11.6 Å². The van der Waals surface area contributed by atoms with Crippen LogP contribution in [-0.2, 0) is 9.59 Å². The molecule has 0 heterocycles. The zero-order valence-corrected chi connectivity index (χ0v) is 11.4. The number of halogens is 1. The third-order valence-corrected chi connectivity index (χ3v) is 2.71. The third kappa shape index (κ3) is 5.72. The number of carbonyl (C=O) groups excluding carboxylic acids is 1. The van der Waals surface area contributed by atoms with Crippen molar-refractivity contribution in [1.29, 1.82) is 0 Å². The fourth-order valence-electron chi connectivity index (χ4n) is 1.50. The Morgan fingerprint density at radius 1 is 1.32 bits per heavy atom. The zero-order chi connectivity index (χ0) is 14.3. The summed E-state index contributed by atoms with van der Waals surface area (Å²) in [7, 11) is 0. The second kappa shape index (κ2) is 7.76. The van der Waals surface area contributed by atoms with Crippen molar-refractivity contribution in [3.8, 4) is 0 Å². The molecular formula is C13H17ClN2O3. The summed E-state index contributed by atoms with van der Waals surface area (Å²) in [5.74, 6) is -1.38. The summed E-state index contributed by atoms with van der Waals surface area (Å²) in [4.78, 5) is 22.7.